The molecule has 1 aliphatic rings. The average molecular weight is 449 g/mol. The first kappa shape index (κ1) is 26.7. The minimum Gasteiger partial charge on any atom is -0.396 e. The predicted octanol–water partition coefficient (Wildman–Crippen LogP) is 3.42. The van der Waals surface area contributed by atoms with E-state index in [1.54, 1.807) is 0 Å². The molecule has 1 aromatic carbocycles. The highest BCUT2D eigenvalue weighted by Gasteiger charge is 2.14. The van der Waals surface area contributed by atoms with E-state index in [0.29, 0.717) is 26.2 Å². The molecule has 3 atom stereocenters. The van der Waals surface area contributed by atoms with Gasteiger partial charge in [-0.2, -0.15) is 0 Å². The van der Waals surface area contributed by atoms with Crippen molar-refractivity contribution < 1.29 is 19.7 Å². The smallest absolute Gasteiger partial charge is 0.118 e. The van der Waals surface area contributed by atoms with E-state index in [0.717, 1.165) is 45.5 Å². The number of aliphatic hydroxyl groups is 2. The topological polar surface area (TPSA) is 65.4 Å². The summed E-state index contributed by atoms with van der Waals surface area (Å²) >= 11 is 0. The van der Waals surface area contributed by atoms with Crippen LogP contribution >= 0.6 is 0 Å². The van der Waals surface area contributed by atoms with Crippen molar-refractivity contribution in [1.82, 2.24) is 9.80 Å². The third-order valence-corrected chi connectivity index (χ3v) is 5.86. The molecule has 0 radical (unpaired) electrons. The molecule has 6 heteroatoms. The Kier molecular flexibility index (Phi) is 12.7. The second kappa shape index (κ2) is 15.3. The Morgan fingerprint density at radius 1 is 0.938 bits per heavy atom. The first-order chi connectivity index (χ1) is 15.5. The van der Waals surface area contributed by atoms with Gasteiger partial charge < -0.3 is 29.5 Å². The quantitative estimate of drug-likeness (QED) is 0.378. The van der Waals surface area contributed by atoms with E-state index < -0.39 is 6.10 Å². The van der Waals surface area contributed by atoms with Crippen LogP contribution in [0.1, 0.15) is 51.2 Å². The number of hydrogen-bond acceptors (Lipinski definition) is 6. The van der Waals surface area contributed by atoms with E-state index in [4.69, 9.17) is 14.6 Å². The maximum absolute atomic E-state index is 10.1. The highest BCUT2D eigenvalue weighted by atomic mass is 16.5. The lowest BCUT2D eigenvalue weighted by Gasteiger charge is -2.31. The van der Waals surface area contributed by atoms with Crippen molar-refractivity contribution in [3.8, 4) is 0 Å². The molecule has 0 fully saturated rings. The number of benzene rings is 1. The van der Waals surface area contributed by atoms with E-state index in [1.807, 2.05) is 13.8 Å². The van der Waals surface area contributed by atoms with Gasteiger partial charge in [0.25, 0.3) is 0 Å². The van der Waals surface area contributed by atoms with Crippen LogP contribution in [-0.4, -0.2) is 78.4 Å². The molecule has 2 rings (SSSR count). The SMILES string of the molecule is CCCOCN1C=CN(CCc2ccc(CCOC(C)CC(O)CC(C)CO)cc2)CC1. The maximum atomic E-state index is 10.1. The standard InChI is InChI=1S/C26H44N2O4/c1-4-16-31-21-28-14-12-27(13-15-28)11-9-24-5-7-25(8-6-24)10-17-32-23(3)19-26(30)18-22(2)20-29/h5-8,12,14,22-23,26,29-30H,4,9-11,13,15-21H2,1-3H3. The molecule has 0 bridgehead atoms. The molecule has 1 heterocycles. The highest BCUT2D eigenvalue weighted by molar-refractivity contribution is 5.23. The zero-order chi connectivity index (χ0) is 23.2. The number of ether oxygens (including phenoxy) is 2. The number of hydrogen-bond donors (Lipinski definition) is 2. The van der Waals surface area contributed by atoms with Gasteiger partial charge in [-0.25, -0.2) is 0 Å². The molecule has 2 N–H and O–H groups in total. The fourth-order valence-electron chi connectivity index (χ4n) is 3.82. The molecule has 0 saturated carbocycles. The normalized spacial score (nSPS) is 16.9. The van der Waals surface area contributed by atoms with Crippen LogP contribution in [0.4, 0.5) is 0 Å². The first-order valence-corrected chi connectivity index (χ1v) is 12.2. The van der Waals surface area contributed by atoms with E-state index in [2.05, 4.69) is 53.4 Å². The third kappa shape index (κ3) is 10.8. The summed E-state index contributed by atoms with van der Waals surface area (Å²) in [5.74, 6) is 0.126. The molecule has 32 heavy (non-hydrogen) atoms. The van der Waals surface area contributed by atoms with Crippen molar-refractivity contribution >= 4 is 0 Å². The third-order valence-electron chi connectivity index (χ3n) is 5.86. The van der Waals surface area contributed by atoms with Gasteiger partial charge in [0.1, 0.15) is 6.73 Å². The van der Waals surface area contributed by atoms with Gasteiger partial charge in [0, 0.05) is 45.2 Å². The van der Waals surface area contributed by atoms with E-state index >= 15 is 0 Å². The van der Waals surface area contributed by atoms with Crippen LogP contribution in [-0.2, 0) is 22.3 Å². The van der Waals surface area contributed by atoms with Gasteiger partial charge in [0.2, 0.25) is 0 Å². The summed E-state index contributed by atoms with van der Waals surface area (Å²) in [5, 5.41) is 19.2. The molecule has 0 aromatic heterocycles. The van der Waals surface area contributed by atoms with Gasteiger partial charge in [-0.15, -0.1) is 0 Å². The number of rotatable bonds is 16. The van der Waals surface area contributed by atoms with Gasteiger partial charge in [-0.1, -0.05) is 38.1 Å². The van der Waals surface area contributed by atoms with Crippen molar-refractivity contribution in [3.63, 3.8) is 0 Å². The largest absolute Gasteiger partial charge is 0.396 e. The summed E-state index contributed by atoms with van der Waals surface area (Å²) in [6.45, 7) is 11.4. The van der Waals surface area contributed by atoms with Crippen LogP contribution < -0.4 is 0 Å². The van der Waals surface area contributed by atoms with E-state index in [1.165, 1.54) is 11.1 Å². The van der Waals surface area contributed by atoms with Crippen molar-refractivity contribution in [2.24, 2.45) is 5.92 Å². The molecule has 0 spiro atoms. The monoisotopic (exact) mass is 448 g/mol. The Morgan fingerprint density at radius 2 is 1.59 bits per heavy atom. The van der Waals surface area contributed by atoms with E-state index in [9.17, 15) is 5.11 Å². The van der Waals surface area contributed by atoms with Crippen molar-refractivity contribution in [1.29, 1.82) is 0 Å². The molecule has 6 nitrogen and oxygen atoms in total. The maximum Gasteiger partial charge on any atom is 0.118 e. The van der Waals surface area contributed by atoms with Crippen molar-refractivity contribution in [3.05, 3.63) is 47.8 Å². The molecule has 1 aromatic rings. The van der Waals surface area contributed by atoms with Gasteiger partial charge in [-0.05, 0) is 56.1 Å². The Morgan fingerprint density at radius 3 is 2.22 bits per heavy atom. The minimum absolute atomic E-state index is 0.0156. The molecule has 0 saturated heterocycles. The molecule has 0 amide bonds. The minimum atomic E-state index is -0.418. The summed E-state index contributed by atoms with van der Waals surface area (Å²) in [6, 6.07) is 8.83. The zero-order valence-corrected chi connectivity index (χ0v) is 20.3. The number of nitrogens with zero attached hydrogens (tertiary/aromatic N) is 2. The van der Waals surface area contributed by atoms with Crippen LogP contribution in [0.5, 0.6) is 0 Å². The molecule has 0 aliphatic carbocycles. The Bertz CT molecular complexity index is 637. The lowest BCUT2D eigenvalue weighted by atomic mass is 10.0. The summed E-state index contributed by atoms with van der Waals surface area (Å²) in [4.78, 5) is 4.59. The second-order valence-corrected chi connectivity index (χ2v) is 9.09. The zero-order valence-electron chi connectivity index (χ0n) is 20.3. The summed E-state index contributed by atoms with van der Waals surface area (Å²) in [7, 11) is 0. The Hall–Kier alpha value is -1.60. The lowest BCUT2D eigenvalue weighted by Crippen LogP contribution is -2.36. The van der Waals surface area contributed by atoms with Gasteiger partial charge in [-0.3, -0.25) is 0 Å². The van der Waals surface area contributed by atoms with Gasteiger partial charge >= 0.3 is 0 Å². The predicted molar refractivity (Wildman–Crippen MR) is 129 cm³/mol. The van der Waals surface area contributed by atoms with Crippen LogP contribution in [0.25, 0.3) is 0 Å². The van der Waals surface area contributed by atoms with Crippen LogP contribution in [0.15, 0.2) is 36.7 Å². The summed E-state index contributed by atoms with van der Waals surface area (Å²) in [6.07, 6.45) is 8.10. The fraction of sp³-hybridized carbons (Fsp3) is 0.692. The lowest BCUT2D eigenvalue weighted by molar-refractivity contribution is 0.0169. The molecular formula is C26H44N2O4. The van der Waals surface area contributed by atoms with Crippen molar-refractivity contribution in [2.75, 3.05) is 46.2 Å². The molecule has 1 aliphatic heterocycles. The summed E-state index contributed by atoms with van der Waals surface area (Å²) < 4.78 is 11.5. The van der Waals surface area contributed by atoms with Crippen LogP contribution in [0, 0.1) is 5.92 Å². The van der Waals surface area contributed by atoms with Gasteiger partial charge in [0.15, 0.2) is 0 Å². The van der Waals surface area contributed by atoms with Gasteiger partial charge in [0.05, 0.1) is 18.8 Å². The van der Waals surface area contributed by atoms with Crippen LogP contribution in [0.2, 0.25) is 0 Å². The summed E-state index contributed by atoms with van der Waals surface area (Å²) in [5.41, 5.74) is 2.63. The van der Waals surface area contributed by atoms with E-state index in [-0.39, 0.29) is 18.6 Å². The fourth-order valence-corrected chi connectivity index (χ4v) is 3.82. The Labute approximate surface area is 194 Å². The molecule has 3 unspecified atom stereocenters. The second-order valence-electron chi connectivity index (χ2n) is 9.09. The van der Waals surface area contributed by atoms with Crippen LogP contribution in [0.3, 0.4) is 0 Å². The molecule has 182 valence electrons. The highest BCUT2D eigenvalue weighted by Crippen LogP contribution is 2.13. The van der Waals surface area contributed by atoms with Crippen molar-refractivity contribution in [2.45, 2.75) is 65.1 Å². The molecular weight excluding hydrogens is 404 g/mol. The number of aliphatic hydroxyl groups excluding tert-OH is 2. The first-order valence-electron chi connectivity index (χ1n) is 12.2. The Balaban J connectivity index is 1.61. The average Bonchev–Trinajstić information content (AvgIpc) is 2.79.